The normalized spacial score (nSPS) is 28.7. The van der Waals surface area contributed by atoms with Crippen LogP contribution in [0.4, 0.5) is 0 Å². The average molecular weight is 345 g/mol. The van der Waals surface area contributed by atoms with Crippen molar-refractivity contribution >= 4 is 5.91 Å². The third-order valence-electron chi connectivity index (χ3n) is 5.59. The first-order chi connectivity index (χ1) is 12.0. The third-order valence-corrected chi connectivity index (χ3v) is 5.59. The predicted molar refractivity (Wildman–Crippen MR) is 98.0 cm³/mol. The van der Waals surface area contributed by atoms with E-state index in [0.29, 0.717) is 13.1 Å². The molecule has 1 N–H and O–H groups in total. The van der Waals surface area contributed by atoms with Crippen molar-refractivity contribution in [2.75, 3.05) is 6.54 Å². The zero-order valence-electron chi connectivity index (χ0n) is 15.5. The Labute approximate surface area is 151 Å². The molecule has 1 aliphatic heterocycles. The van der Waals surface area contributed by atoms with Crippen LogP contribution in [0.3, 0.4) is 0 Å². The zero-order chi connectivity index (χ0) is 17.9. The molecule has 2 atom stereocenters. The van der Waals surface area contributed by atoms with E-state index in [1.807, 2.05) is 49.1 Å². The lowest BCUT2D eigenvalue weighted by atomic mass is 9.90. The molecule has 138 valence electrons. The Morgan fingerprint density at radius 1 is 1.16 bits per heavy atom. The molecule has 2 aliphatic rings. The van der Waals surface area contributed by atoms with Crippen LogP contribution in [-0.4, -0.2) is 40.3 Å². The summed E-state index contributed by atoms with van der Waals surface area (Å²) in [5.74, 6) is 0.165. The molecule has 1 aliphatic carbocycles. The van der Waals surface area contributed by atoms with Crippen molar-refractivity contribution in [3.63, 3.8) is 0 Å². The van der Waals surface area contributed by atoms with Crippen LogP contribution < -0.4 is 0 Å². The number of hydrogen-bond donors (Lipinski definition) is 1. The molecule has 0 bridgehead atoms. The van der Waals surface area contributed by atoms with E-state index in [9.17, 15) is 9.90 Å². The number of ether oxygens (including phenoxy) is 1. The fourth-order valence-electron chi connectivity index (χ4n) is 4.43. The Bertz CT molecular complexity index is 558. The van der Waals surface area contributed by atoms with Crippen molar-refractivity contribution < 1.29 is 14.6 Å². The SMILES string of the molecule is CC1CC(C(=O)N(Cc2ccccc2)CC2(O)CCCC2)CC(C)O1. The molecular formula is C21H31NO3. The summed E-state index contributed by atoms with van der Waals surface area (Å²) in [7, 11) is 0. The van der Waals surface area contributed by atoms with E-state index in [1.54, 1.807) is 0 Å². The van der Waals surface area contributed by atoms with Gasteiger partial charge in [-0.05, 0) is 45.1 Å². The molecule has 0 aromatic heterocycles. The molecule has 2 unspecified atom stereocenters. The van der Waals surface area contributed by atoms with Gasteiger partial charge in [-0.3, -0.25) is 4.79 Å². The first kappa shape index (κ1) is 18.4. The van der Waals surface area contributed by atoms with Crippen molar-refractivity contribution in [1.29, 1.82) is 0 Å². The molecule has 3 rings (SSSR count). The second kappa shape index (κ2) is 7.88. The number of benzene rings is 1. The van der Waals surface area contributed by atoms with Gasteiger partial charge in [-0.25, -0.2) is 0 Å². The van der Waals surface area contributed by atoms with Gasteiger partial charge >= 0.3 is 0 Å². The molecule has 0 radical (unpaired) electrons. The summed E-state index contributed by atoms with van der Waals surface area (Å²) in [5, 5.41) is 10.9. The molecule has 1 aromatic rings. The predicted octanol–water partition coefficient (Wildman–Crippen LogP) is 3.52. The van der Waals surface area contributed by atoms with Crippen LogP contribution in [0, 0.1) is 5.92 Å². The second-order valence-corrected chi connectivity index (χ2v) is 8.04. The van der Waals surface area contributed by atoms with E-state index in [1.165, 1.54) is 0 Å². The van der Waals surface area contributed by atoms with Crippen molar-refractivity contribution in [3.8, 4) is 0 Å². The minimum atomic E-state index is -0.715. The summed E-state index contributed by atoms with van der Waals surface area (Å²) in [6.45, 7) is 5.10. The highest BCUT2D eigenvalue weighted by Gasteiger charge is 2.38. The molecule has 4 heteroatoms. The minimum Gasteiger partial charge on any atom is -0.388 e. The monoisotopic (exact) mass is 345 g/mol. The van der Waals surface area contributed by atoms with Crippen molar-refractivity contribution in [1.82, 2.24) is 4.90 Å². The Morgan fingerprint density at radius 3 is 2.36 bits per heavy atom. The third kappa shape index (κ3) is 4.83. The van der Waals surface area contributed by atoms with E-state index in [4.69, 9.17) is 4.74 Å². The summed E-state index contributed by atoms with van der Waals surface area (Å²) in [6.07, 6.45) is 5.47. The fourth-order valence-corrected chi connectivity index (χ4v) is 4.43. The lowest BCUT2D eigenvalue weighted by Gasteiger charge is -2.37. The Hall–Kier alpha value is -1.39. The van der Waals surface area contributed by atoms with Crippen LogP contribution in [0.1, 0.15) is 57.9 Å². The van der Waals surface area contributed by atoms with Crippen molar-refractivity contribution in [2.45, 2.75) is 76.7 Å². The van der Waals surface area contributed by atoms with Crippen molar-refractivity contribution in [3.05, 3.63) is 35.9 Å². The van der Waals surface area contributed by atoms with Crippen LogP contribution in [0.2, 0.25) is 0 Å². The second-order valence-electron chi connectivity index (χ2n) is 8.04. The average Bonchev–Trinajstić information content (AvgIpc) is 3.00. The molecular weight excluding hydrogens is 314 g/mol. The lowest BCUT2D eigenvalue weighted by molar-refractivity contribution is -0.147. The summed E-state index contributed by atoms with van der Waals surface area (Å²) in [4.78, 5) is 15.2. The smallest absolute Gasteiger partial charge is 0.226 e. The molecule has 1 aromatic carbocycles. The van der Waals surface area contributed by atoms with Crippen LogP contribution in [0.15, 0.2) is 30.3 Å². The summed E-state index contributed by atoms with van der Waals surface area (Å²) >= 11 is 0. The highest BCUT2D eigenvalue weighted by molar-refractivity contribution is 5.79. The van der Waals surface area contributed by atoms with Gasteiger partial charge < -0.3 is 14.7 Å². The first-order valence-electron chi connectivity index (χ1n) is 9.66. The van der Waals surface area contributed by atoms with E-state index in [-0.39, 0.29) is 24.0 Å². The molecule has 1 amide bonds. The van der Waals surface area contributed by atoms with Crippen LogP contribution >= 0.6 is 0 Å². The van der Waals surface area contributed by atoms with Crippen molar-refractivity contribution in [2.24, 2.45) is 5.92 Å². The van der Waals surface area contributed by atoms with Gasteiger partial charge in [-0.1, -0.05) is 43.2 Å². The number of carbonyl (C=O) groups is 1. The minimum absolute atomic E-state index is 0.00698. The summed E-state index contributed by atoms with van der Waals surface area (Å²) < 4.78 is 5.80. The van der Waals surface area contributed by atoms with Gasteiger partial charge in [0.1, 0.15) is 0 Å². The summed E-state index contributed by atoms with van der Waals surface area (Å²) in [5.41, 5.74) is 0.401. The molecule has 1 saturated carbocycles. The van der Waals surface area contributed by atoms with E-state index < -0.39 is 5.60 Å². The van der Waals surface area contributed by atoms with Gasteiger partial charge in [0.15, 0.2) is 0 Å². The van der Waals surface area contributed by atoms with Crippen LogP contribution in [-0.2, 0) is 16.1 Å². The maximum atomic E-state index is 13.3. The van der Waals surface area contributed by atoms with E-state index in [2.05, 4.69) is 0 Å². The summed E-state index contributed by atoms with van der Waals surface area (Å²) in [6, 6.07) is 10.1. The highest BCUT2D eigenvalue weighted by atomic mass is 16.5. The number of nitrogens with zero attached hydrogens (tertiary/aromatic N) is 1. The van der Waals surface area contributed by atoms with Gasteiger partial charge in [-0.2, -0.15) is 0 Å². The first-order valence-corrected chi connectivity index (χ1v) is 9.66. The van der Waals surface area contributed by atoms with Gasteiger partial charge in [0, 0.05) is 19.0 Å². The van der Waals surface area contributed by atoms with Gasteiger partial charge in [0.05, 0.1) is 17.8 Å². The molecule has 0 spiro atoms. The lowest BCUT2D eigenvalue weighted by Crippen LogP contribution is -2.48. The number of amides is 1. The molecule has 25 heavy (non-hydrogen) atoms. The quantitative estimate of drug-likeness (QED) is 0.888. The molecule has 2 fully saturated rings. The van der Waals surface area contributed by atoms with E-state index >= 15 is 0 Å². The standard InChI is InChI=1S/C21H31NO3/c1-16-12-19(13-17(2)25-16)20(23)22(14-18-8-4-3-5-9-18)15-21(24)10-6-7-11-21/h3-5,8-9,16-17,19,24H,6-7,10-15H2,1-2H3. The number of carbonyl (C=O) groups excluding carboxylic acids is 1. The number of hydrogen-bond acceptors (Lipinski definition) is 3. The number of aliphatic hydroxyl groups is 1. The molecule has 1 heterocycles. The Morgan fingerprint density at radius 2 is 1.76 bits per heavy atom. The van der Waals surface area contributed by atoms with Gasteiger partial charge in [-0.15, -0.1) is 0 Å². The van der Waals surface area contributed by atoms with Crippen LogP contribution in [0.25, 0.3) is 0 Å². The Balaban J connectivity index is 1.75. The maximum absolute atomic E-state index is 13.3. The van der Waals surface area contributed by atoms with Crippen LogP contribution in [0.5, 0.6) is 0 Å². The Kier molecular flexibility index (Phi) is 5.80. The molecule has 4 nitrogen and oxygen atoms in total. The maximum Gasteiger partial charge on any atom is 0.226 e. The highest BCUT2D eigenvalue weighted by Crippen LogP contribution is 2.33. The van der Waals surface area contributed by atoms with E-state index in [0.717, 1.165) is 44.1 Å². The zero-order valence-corrected chi connectivity index (χ0v) is 15.5. The van der Waals surface area contributed by atoms with Gasteiger partial charge in [0.25, 0.3) is 0 Å². The molecule has 1 saturated heterocycles. The topological polar surface area (TPSA) is 49.8 Å². The fraction of sp³-hybridized carbons (Fsp3) is 0.667. The van der Waals surface area contributed by atoms with Gasteiger partial charge in [0.2, 0.25) is 5.91 Å². The largest absolute Gasteiger partial charge is 0.388 e. The number of rotatable bonds is 5.